The molecular formula is C23H21ClFN3O3. The van der Waals surface area contributed by atoms with Crippen LogP contribution in [0.15, 0.2) is 53.1 Å². The van der Waals surface area contributed by atoms with Crippen molar-refractivity contribution in [3.8, 4) is 11.3 Å². The minimum Gasteiger partial charge on any atom is -0.360 e. The molecule has 1 saturated heterocycles. The van der Waals surface area contributed by atoms with Crippen LogP contribution < -0.4 is 5.32 Å². The molecule has 4 rings (SSSR count). The molecule has 1 aliphatic heterocycles. The van der Waals surface area contributed by atoms with E-state index in [1.165, 1.54) is 12.1 Å². The van der Waals surface area contributed by atoms with Crippen LogP contribution in [0.5, 0.6) is 0 Å². The van der Waals surface area contributed by atoms with Gasteiger partial charge in [0.25, 0.3) is 11.8 Å². The van der Waals surface area contributed by atoms with Crippen LogP contribution in [0.25, 0.3) is 11.3 Å². The van der Waals surface area contributed by atoms with Gasteiger partial charge in [-0.05, 0) is 38.0 Å². The molecule has 0 spiro atoms. The van der Waals surface area contributed by atoms with Gasteiger partial charge in [-0.15, -0.1) is 0 Å². The third kappa shape index (κ3) is 4.32. The van der Waals surface area contributed by atoms with Gasteiger partial charge in [-0.3, -0.25) is 9.59 Å². The largest absolute Gasteiger partial charge is 0.360 e. The zero-order valence-corrected chi connectivity index (χ0v) is 17.7. The number of nitrogens with one attached hydrogen (secondary N) is 1. The van der Waals surface area contributed by atoms with E-state index in [1.54, 1.807) is 42.2 Å². The first-order valence-electron chi connectivity index (χ1n) is 10.0. The number of carbonyl (C=O) groups is 2. The van der Waals surface area contributed by atoms with E-state index in [0.29, 0.717) is 53.5 Å². The van der Waals surface area contributed by atoms with Gasteiger partial charge in [-0.25, -0.2) is 4.39 Å². The molecule has 0 atom stereocenters. The Morgan fingerprint density at radius 3 is 2.52 bits per heavy atom. The summed E-state index contributed by atoms with van der Waals surface area (Å²) in [7, 11) is 0. The van der Waals surface area contributed by atoms with Gasteiger partial charge >= 0.3 is 0 Å². The first kappa shape index (κ1) is 21.1. The molecule has 2 heterocycles. The van der Waals surface area contributed by atoms with Gasteiger partial charge in [0.1, 0.15) is 22.8 Å². The van der Waals surface area contributed by atoms with Crippen molar-refractivity contribution in [1.82, 2.24) is 15.4 Å². The van der Waals surface area contributed by atoms with Gasteiger partial charge in [0.15, 0.2) is 0 Å². The summed E-state index contributed by atoms with van der Waals surface area (Å²) in [5.41, 5.74) is 1.46. The topological polar surface area (TPSA) is 75.4 Å². The average Bonchev–Trinajstić information content (AvgIpc) is 3.15. The summed E-state index contributed by atoms with van der Waals surface area (Å²) < 4.78 is 19.1. The standard InChI is InChI=1S/C23H21ClFN3O3/c1-14-20(21(27-31-14)16-6-2-4-8-18(16)24)23(30)28-12-10-15(11-13-28)26-22(29)17-7-3-5-9-19(17)25/h2-9,15H,10-13H2,1H3,(H,26,29). The Morgan fingerprint density at radius 2 is 1.81 bits per heavy atom. The number of amides is 2. The Balaban J connectivity index is 1.44. The first-order valence-corrected chi connectivity index (χ1v) is 10.4. The smallest absolute Gasteiger partial charge is 0.259 e. The minimum absolute atomic E-state index is 0.0190. The fraction of sp³-hybridized carbons (Fsp3) is 0.261. The molecule has 1 fully saturated rings. The van der Waals surface area contributed by atoms with Gasteiger partial charge in [0, 0.05) is 24.7 Å². The Hall–Kier alpha value is -3.19. The van der Waals surface area contributed by atoms with E-state index >= 15 is 0 Å². The summed E-state index contributed by atoms with van der Waals surface area (Å²) in [4.78, 5) is 27.3. The first-order chi connectivity index (χ1) is 15.0. The molecule has 0 radical (unpaired) electrons. The number of benzene rings is 2. The predicted molar refractivity (Wildman–Crippen MR) is 114 cm³/mol. The Labute approximate surface area is 184 Å². The molecule has 160 valence electrons. The van der Waals surface area contributed by atoms with Crippen molar-refractivity contribution < 1.29 is 18.5 Å². The Kier molecular flexibility index (Phi) is 6.04. The number of rotatable bonds is 4. The lowest BCUT2D eigenvalue weighted by molar-refractivity contribution is 0.0697. The summed E-state index contributed by atoms with van der Waals surface area (Å²) in [6.07, 6.45) is 1.13. The van der Waals surface area contributed by atoms with Crippen LogP contribution in [0, 0.1) is 12.7 Å². The fourth-order valence-corrected chi connectivity index (χ4v) is 3.98. The maximum Gasteiger partial charge on any atom is 0.259 e. The molecule has 1 N–H and O–H groups in total. The molecule has 1 aromatic heterocycles. The molecule has 8 heteroatoms. The molecule has 0 unspecified atom stereocenters. The van der Waals surface area contributed by atoms with E-state index in [4.69, 9.17) is 16.1 Å². The summed E-state index contributed by atoms with van der Waals surface area (Å²) in [6, 6.07) is 12.9. The highest BCUT2D eigenvalue weighted by Gasteiger charge is 2.30. The van der Waals surface area contributed by atoms with E-state index < -0.39 is 11.7 Å². The van der Waals surface area contributed by atoms with Crippen LogP contribution in [-0.2, 0) is 0 Å². The summed E-state index contributed by atoms with van der Waals surface area (Å²) in [5, 5.41) is 7.41. The number of aromatic nitrogens is 1. The van der Waals surface area contributed by atoms with E-state index in [2.05, 4.69) is 10.5 Å². The monoisotopic (exact) mass is 441 g/mol. The fourth-order valence-electron chi connectivity index (χ4n) is 3.75. The van der Waals surface area contributed by atoms with Crippen molar-refractivity contribution in [1.29, 1.82) is 0 Å². The van der Waals surface area contributed by atoms with Crippen LogP contribution in [-0.4, -0.2) is 41.0 Å². The second-order valence-corrected chi connectivity index (χ2v) is 7.87. The van der Waals surface area contributed by atoms with Crippen LogP contribution in [0.1, 0.15) is 39.3 Å². The number of hydrogen-bond donors (Lipinski definition) is 1. The third-order valence-electron chi connectivity index (χ3n) is 5.44. The predicted octanol–water partition coefficient (Wildman–Crippen LogP) is 4.48. The summed E-state index contributed by atoms with van der Waals surface area (Å²) in [5.74, 6) is -0.760. The zero-order chi connectivity index (χ0) is 22.0. The molecule has 0 saturated carbocycles. The molecule has 3 aromatic rings. The molecular weight excluding hydrogens is 421 g/mol. The lowest BCUT2D eigenvalue weighted by Gasteiger charge is -2.32. The number of likely N-dealkylation sites (tertiary alicyclic amines) is 1. The highest BCUT2D eigenvalue weighted by atomic mass is 35.5. The van der Waals surface area contributed by atoms with E-state index in [1.807, 2.05) is 6.07 Å². The number of aryl methyl sites for hydroxylation is 1. The molecule has 2 aromatic carbocycles. The second-order valence-electron chi connectivity index (χ2n) is 7.46. The molecule has 6 nitrogen and oxygen atoms in total. The van der Waals surface area contributed by atoms with Crippen molar-refractivity contribution in [3.05, 3.63) is 76.3 Å². The molecule has 31 heavy (non-hydrogen) atoms. The van der Waals surface area contributed by atoms with Crippen molar-refractivity contribution in [2.45, 2.75) is 25.8 Å². The van der Waals surface area contributed by atoms with E-state index in [9.17, 15) is 14.0 Å². The van der Waals surface area contributed by atoms with Gasteiger partial charge in [0.05, 0.1) is 10.6 Å². The van der Waals surface area contributed by atoms with Crippen LogP contribution in [0.2, 0.25) is 5.02 Å². The summed E-state index contributed by atoms with van der Waals surface area (Å²) >= 11 is 6.29. The number of piperidine rings is 1. The van der Waals surface area contributed by atoms with Crippen LogP contribution >= 0.6 is 11.6 Å². The third-order valence-corrected chi connectivity index (χ3v) is 5.77. The molecule has 2 amide bonds. The zero-order valence-electron chi connectivity index (χ0n) is 16.9. The van der Waals surface area contributed by atoms with Gasteiger partial charge < -0.3 is 14.7 Å². The Morgan fingerprint density at radius 1 is 1.13 bits per heavy atom. The number of halogens is 2. The minimum atomic E-state index is -0.553. The quantitative estimate of drug-likeness (QED) is 0.647. The van der Waals surface area contributed by atoms with Crippen molar-refractivity contribution in [2.75, 3.05) is 13.1 Å². The average molecular weight is 442 g/mol. The lowest BCUT2D eigenvalue weighted by Crippen LogP contribution is -2.46. The van der Waals surface area contributed by atoms with Gasteiger partial charge in [-0.2, -0.15) is 0 Å². The van der Waals surface area contributed by atoms with Crippen LogP contribution in [0.3, 0.4) is 0 Å². The van der Waals surface area contributed by atoms with Gasteiger partial charge in [0.2, 0.25) is 0 Å². The number of carbonyl (C=O) groups excluding carboxylic acids is 2. The van der Waals surface area contributed by atoms with E-state index in [-0.39, 0.29) is 17.5 Å². The Bertz CT molecular complexity index is 1120. The number of hydrogen-bond acceptors (Lipinski definition) is 4. The normalized spacial score (nSPS) is 14.5. The van der Waals surface area contributed by atoms with Crippen molar-refractivity contribution >= 4 is 23.4 Å². The van der Waals surface area contributed by atoms with Gasteiger partial charge in [-0.1, -0.05) is 47.1 Å². The SMILES string of the molecule is Cc1onc(-c2ccccc2Cl)c1C(=O)N1CCC(NC(=O)c2ccccc2F)CC1. The highest BCUT2D eigenvalue weighted by molar-refractivity contribution is 6.33. The molecule has 0 bridgehead atoms. The molecule has 0 aliphatic carbocycles. The molecule has 1 aliphatic rings. The summed E-state index contributed by atoms with van der Waals surface area (Å²) in [6.45, 7) is 2.60. The lowest BCUT2D eigenvalue weighted by atomic mass is 10.0. The second kappa shape index (κ2) is 8.89. The van der Waals surface area contributed by atoms with Crippen LogP contribution in [0.4, 0.5) is 4.39 Å². The van der Waals surface area contributed by atoms with Crippen molar-refractivity contribution in [3.63, 3.8) is 0 Å². The maximum absolute atomic E-state index is 13.8. The maximum atomic E-state index is 13.8. The highest BCUT2D eigenvalue weighted by Crippen LogP contribution is 2.32. The van der Waals surface area contributed by atoms with Crippen molar-refractivity contribution in [2.24, 2.45) is 0 Å². The number of nitrogens with zero attached hydrogens (tertiary/aromatic N) is 2. The van der Waals surface area contributed by atoms with E-state index in [0.717, 1.165) is 0 Å².